The molecule has 5 heteroatoms. The van der Waals surface area contributed by atoms with Crippen LogP contribution in [0.25, 0.3) is 10.9 Å². The predicted molar refractivity (Wildman–Crippen MR) is 71.2 cm³/mol. The van der Waals surface area contributed by atoms with E-state index in [4.69, 9.17) is 5.11 Å². The first-order chi connectivity index (χ1) is 9.27. The first kappa shape index (κ1) is 12.6. The molecular formula is C14H12N2O3. The summed E-state index contributed by atoms with van der Waals surface area (Å²) in [5.41, 5.74) is 0.860. The fraction of sp³-hybridized carbons (Fsp3) is 0. The second-order valence-electron chi connectivity index (χ2n) is 3.59. The van der Waals surface area contributed by atoms with Crippen LogP contribution in [0.2, 0.25) is 0 Å². The van der Waals surface area contributed by atoms with Crippen molar-refractivity contribution in [2.75, 3.05) is 0 Å². The average Bonchev–Trinajstić information content (AvgIpc) is 2.90. The minimum absolute atomic E-state index is 0.353. The number of carbonyl (C=O) groups is 1. The molecule has 5 nitrogen and oxygen atoms in total. The molecule has 96 valence electrons. The number of nitrogens with zero attached hydrogens (tertiary/aromatic N) is 1. The van der Waals surface area contributed by atoms with E-state index >= 15 is 0 Å². The van der Waals surface area contributed by atoms with Gasteiger partial charge in [0, 0.05) is 29.5 Å². The van der Waals surface area contributed by atoms with E-state index in [1.807, 2.05) is 24.3 Å². The number of aromatic amines is 1. The molecule has 0 radical (unpaired) electrons. The van der Waals surface area contributed by atoms with Gasteiger partial charge in [-0.05, 0) is 30.3 Å². The average molecular weight is 256 g/mol. The van der Waals surface area contributed by atoms with Crippen molar-refractivity contribution in [3.63, 3.8) is 0 Å². The molecule has 0 fully saturated rings. The molecule has 0 bridgehead atoms. The molecule has 2 heterocycles. The summed E-state index contributed by atoms with van der Waals surface area (Å²) in [6.07, 6.45) is 3.94. The monoisotopic (exact) mass is 256 g/mol. The number of benzene rings is 1. The van der Waals surface area contributed by atoms with Crippen molar-refractivity contribution in [2.24, 2.45) is 0 Å². The maximum absolute atomic E-state index is 10.3. The molecule has 0 aliphatic carbocycles. The number of pyridine rings is 1. The van der Waals surface area contributed by atoms with Gasteiger partial charge in [-0.2, -0.15) is 0 Å². The van der Waals surface area contributed by atoms with Gasteiger partial charge in [0.05, 0.1) is 0 Å². The zero-order chi connectivity index (χ0) is 13.5. The van der Waals surface area contributed by atoms with E-state index in [1.165, 1.54) is 0 Å². The highest BCUT2D eigenvalue weighted by molar-refractivity contribution is 5.87. The van der Waals surface area contributed by atoms with E-state index in [0.717, 1.165) is 10.9 Å². The number of rotatable bonds is 1. The molecule has 0 aliphatic heterocycles. The third-order valence-corrected chi connectivity index (χ3v) is 2.32. The van der Waals surface area contributed by atoms with E-state index in [9.17, 15) is 4.79 Å². The molecule has 2 N–H and O–H groups in total. The van der Waals surface area contributed by atoms with Crippen molar-refractivity contribution in [1.82, 2.24) is 9.97 Å². The Balaban J connectivity index is 0.000000186. The Morgan fingerprint density at radius 2 is 1.89 bits per heavy atom. The van der Waals surface area contributed by atoms with Gasteiger partial charge in [0.2, 0.25) is 0 Å². The Bertz CT molecular complexity index is 623. The highest BCUT2D eigenvalue weighted by Gasteiger charge is 2.05. The van der Waals surface area contributed by atoms with Crippen molar-refractivity contribution in [1.29, 1.82) is 0 Å². The largest absolute Gasteiger partial charge is 0.511 e. The number of ether oxygens (including phenoxy) is 1. The topological polar surface area (TPSA) is 75.2 Å². The predicted octanol–water partition coefficient (Wildman–Crippen LogP) is 3.31. The summed E-state index contributed by atoms with van der Waals surface area (Å²) in [5, 5.41) is 9.20. The standard InChI is InChI=1S/C9H7NO3.C5H5N/c11-9(12)13-8-3-1-2-7-6(8)4-5-10-7;1-2-4-6-5-3-1/h1-5,10H,(H,11,12);1-5H. The van der Waals surface area contributed by atoms with Crippen molar-refractivity contribution in [2.45, 2.75) is 0 Å². The van der Waals surface area contributed by atoms with Crippen LogP contribution in [-0.2, 0) is 0 Å². The number of nitrogens with one attached hydrogen (secondary N) is 1. The molecular weight excluding hydrogens is 244 g/mol. The highest BCUT2D eigenvalue weighted by atomic mass is 16.7. The van der Waals surface area contributed by atoms with Crippen LogP contribution in [0.4, 0.5) is 4.79 Å². The molecule has 3 aromatic rings. The minimum atomic E-state index is -1.30. The maximum atomic E-state index is 10.3. The van der Waals surface area contributed by atoms with Crippen molar-refractivity contribution >= 4 is 17.1 Å². The molecule has 0 saturated carbocycles. The number of H-pyrrole nitrogens is 1. The SMILES string of the molecule is O=C(O)Oc1cccc2[nH]ccc12.c1ccncc1. The quantitative estimate of drug-likeness (QED) is 0.517. The first-order valence-electron chi connectivity index (χ1n) is 5.59. The summed E-state index contributed by atoms with van der Waals surface area (Å²) in [6.45, 7) is 0. The van der Waals surface area contributed by atoms with E-state index < -0.39 is 6.16 Å². The lowest BCUT2D eigenvalue weighted by Crippen LogP contribution is -2.02. The number of fused-ring (bicyclic) bond motifs is 1. The van der Waals surface area contributed by atoms with Crippen LogP contribution in [0, 0.1) is 0 Å². The number of aromatic nitrogens is 2. The summed E-state index contributed by atoms with van der Waals surface area (Å²) in [4.78, 5) is 17.0. The first-order valence-corrected chi connectivity index (χ1v) is 5.59. The lowest BCUT2D eigenvalue weighted by atomic mass is 10.2. The van der Waals surface area contributed by atoms with Crippen molar-refractivity contribution in [3.8, 4) is 5.75 Å². The molecule has 0 saturated heterocycles. The fourth-order valence-electron chi connectivity index (χ4n) is 1.55. The van der Waals surface area contributed by atoms with Crippen LogP contribution in [0.1, 0.15) is 0 Å². The summed E-state index contributed by atoms with van der Waals surface area (Å²) in [5.74, 6) is 0.353. The number of carboxylic acid groups (broad SMARTS) is 1. The van der Waals surface area contributed by atoms with Gasteiger partial charge in [-0.3, -0.25) is 4.98 Å². The molecule has 0 unspecified atom stereocenters. The Kier molecular flexibility index (Phi) is 4.12. The van der Waals surface area contributed by atoms with Crippen molar-refractivity contribution in [3.05, 3.63) is 61.1 Å². The van der Waals surface area contributed by atoms with Crippen LogP contribution < -0.4 is 4.74 Å². The second kappa shape index (κ2) is 6.20. The highest BCUT2D eigenvalue weighted by Crippen LogP contribution is 2.24. The van der Waals surface area contributed by atoms with Gasteiger partial charge >= 0.3 is 6.16 Å². The van der Waals surface area contributed by atoms with Crippen molar-refractivity contribution < 1.29 is 14.6 Å². The third-order valence-electron chi connectivity index (χ3n) is 2.32. The second-order valence-corrected chi connectivity index (χ2v) is 3.59. The van der Waals surface area contributed by atoms with Crippen LogP contribution in [-0.4, -0.2) is 21.2 Å². The molecule has 1 aromatic carbocycles. The Hall–Kier alpha value is -2.82. The zero-order valence-corrected chi connectivity index (χ0v) is 9.98. The van der Waals surface area contributed by atoms with Crippen LogP contribution in [0.15, 0.2) is 61.1 Å². The number of hydrogen-bond acceptors (Lipinski definition) is 3. The van der Waals surface area contributed by atoms with Gasteiger partial charge in [0.1, 0.15) is 5.75 Å². The summed E-state index contributed by atoms with van der Waals surface area (Å²) < 4.78 is 4.58. The normalized spacial score (nSPS) is 9.47. The van der Waals surface area contributed by atoms with Crippen LogP contribution >= 0.6 is 0 Å². The molecule has 0 amide bonds. The summed E-state index contributed by atoms with van der Waals surface area (Å²) >= 11 is 0. The smallest absolute Gasteiger partial charge is 0.449 e. The van der Waals surface area contributed by atoms with Gasteiger partial charge in [0.15, 0.2) is 0 Å². The van der Waals surface area contributed by atoms with Gasteiger partial charge in [0.25, 0.3) is 0 Å². The molecule has 3 rings (SSSR count). The van der Waals surface area contributed by atoms with Crippen LogP contribution in [0.5, 0.6) is 5.75 Å². The molecule has 0 atom stereocenters. The lowest BCUT2D eigenvalue weighted by Gasteiger charge is -1.99. The summed E-state index contributed by atoms with van der Waals surface area (Å²) in [7, 11) is 0. The van der Waals surface area contributed by atoms with Gasteiger partial charge in [-0.15, -0.1) is 0 Å². The fourth-order valence-corrected chi connectivity index (χ4v) is 1.55. The molecule has 2 aromatic heterocycles. The maximum Gasteiger partial charge on any atom is 0.511 e. The third kappa shape index (κ3) is 3.57. The van der Waals surface area contributed by atoms with Crippen LogP contribution in [0.3, 0.4) is 0 Å². The molecule has 0 aliphatic rings. The molecule has 0 spiro atoms. The Labute approximate surface area is 109 Å². The van der Waals surface area contributed by atoms with E-state index in [2.05, 4.69) is 14.7 Å². The lowest BCUT2D eigenvalue weighted by molar-refractivity contribution is 0.145. The minimum Gasteiger partial charge on any atom is -0.449 e. The van der Waals surface area contributed by atoms with E-state index in [0.29, 0.717) is 5.75 Å². The van der Waals surface area contributed by atoms with Gasteiger partial charge < -0.3 is 14.8 Å². The number of hydrogen-bond donors (Lipinski definition) is 2. The van der Waals surface area contributed by atoms with Gasteiger partial charge in [-0.25, -0.2) is 4.79 Å². The van der Waals surface area contributed by atoms with E-state index in [1.54, 1.807) is 36.8 Å². The van der Waals surface area contributed by atoms with E-state index in [-0.39, 0.29) is 0 Å². The molecule has 19 heavy (non-hydrogen) atoms. The Morgan fingerprint density at radius 1 is 1.11 bits per heavy atom. The Morgan fingerprint density at radius 3 is 2.47 bits per heavy atom. The van der Waals surface area contributed by atoms with Gasteiger partial charge in [-0.1, -0.05) is 12.1 Å². The summed E-state index contributed by atoms with van der Waals surface area (Å²) in [6, 6.07) is 12.7. The zero-order valence-electron chi connectivity index (χ0n) is 9.98.